The van der Waals surface area contributed by atoms with E-state index in [4.69, 9.17) is 18.9 Å². The van der Waals surface area contributed by atoms with Crippen molar-refractivity contribution in [2.24, 2.45) is 0 Å². The lowest BCUT2D eigenvalue weighted by Gasteiger charge is -2.26. The standard InChI is InChI=1S/C23H19F3O9/c1-9(35-22(30)23(24,25)26)11-8-13-16(20(33-4)17(11)21(29)34-5)19(28)15-12(18(13)27)6-10(31-2)7-14(15)32-3/h6-9H,1-5H3. The second kappa shape index (κ2) is 9.28. The van der Waals surface area contributed by atoms with E-state index >= 15 is 0 Å². The molecule has 2 aromatic rings. The molecule has 0 N–H and O–H groups in total. The van der Waals surface area contributed by atoms with Gasteiger partial charge in [0.25, 0.3) is 0 Å². The van der Waals surface area contributed by atoms with Crippen LogP contribution in [-0.2, 0) is 14.3 Å². The zero-order valence-electron chi connectivity index (χ0n) is 19.1. The van der Waals surface area contributed by atoms with Crippen LogP contribution in [0.25, 0.3) is 0 Å². The van der Waals surface area contributed by atoms with Crippen LogP contribution in [0, 0.1) is 0 Å². The molecule has 0 saturated carbocycles. The summed E-state index contributed by atoms with van der Waals surface area (Å²) in [5.41, 5.74) is -1.64. The number of benzene rings is 2. The lowest BCUT2D eigenvalue weighted by Crippen LogP contribution is -2.28. The Labute approximate surface area is 196 Å². The van der Waals surface area contributed by atoms with Crippen molar-refractivity contribution < 1.29 is 56.0 Å². The lowest BCUT2D eigenvalue weighted by molar-refractivity contribution is -0.204. The number of hydrogen-bond acceptors (Lipinski definition) is 9. The minimum Gasteiger partial charge on any atom is -0.497 e. The molecule has 35 heavy (non-hydrogen) atoms. The smallest absolute Gasteiger partial charge is 0.490 e. The van der Waals surface area contributed by atoms with Gasteiger partial charge in [-0.2, -0.15) is 13.2 Å². The summed E-state index contributed by atoms with van der Waals surface area (Å²) >= 11 is 0. The molecule has 1 aliphatic carbocycles. The normalized spacial score (nSPS) is 13.4. The van der Waals surface area contributed by atoms with Gasteiger partial charge in [-0.05, 0) is 19.1 Å². The third-order valence-corrected chi connectivity index (χ3v) is 5.33. The Balaban J connectivity index is 2.34. The Bertz CT molecular complexity index is 1250. The maximum Gasteiger partial charge on any atom is 0.490 e. The maximum atomic E-state index is 13.5. The Hall–Kier alpha value is -4.09. The van der Waals surface area contributed by atoms with Crippen molar-refractivity contribution in [2.45, 2.75) is 19.2 Å². The Morgan fingerprint density at radius 1 is 0.857 bits per heavy atom. The monoisotopic (exact) mass is 496 g/mol. The quantitative estimate of drug-likeness (QED) is 0.474. The van der Waals surface area contributed by atoms with Gasteiger partial charge in [0.15, 0.2) is 5.78 Å². The van der Waals surface area contributed by atoms with E-state index in [0.717, 1.165) is 27.2 Å². The fourth-order valence-corrected chi connectivity index (χ4v) is 3.76. The first kappa shape index (κ1) is 25.5. The number of alkyl halides is 3. The molecule has 12 heteroatoms. The largest absolute Gasteiger partial charge is 0.497 e. The van der Waals surface area contributed by atoms with E-state index in [1.54, 1.807) is 0 Å². The molecule has 0 bridgehead atoms. The van der Waals surface area contributed by atoms with E-state index in [1.165, 1.54) is 26.4 Å². The summed E-state index contributed by atoms with van der Waals surface area (Å²) in [7, 11) is 4.70. The van der Waals surface area contributed by atoms with Crippen molar-refractivity contribution in [1.29, 1.82) is 0 Å². The molecule has 0 radical (unpaired) electrons. The lowest BCUT2D eigenvalue weighted by atomic mass is 9.80. The van der Waals surface area contributed by atoms with Crippen LogP contribution < -0.4 is 14.2 Å². The highest BCUT2D eigenvalue weighted by molar-refractivity contribution is 6.31. The molecule has 0 fully saturated rings. The Morgan fingerprint density at radius 3 is 2.00 bits per heavy atom. The molecule has 1 atom stereocenters. The highest BCUT2D eigenvalue weighted by Crippen LogP contribution is 2.43. The minimum absolute atomic E-state index is 0.0153. The van der Waals surface area contributed by atoms with Gasteiger partial charge in [0, 0.05) is 22.8 Å². The third kappa shape index (κ3) is 4.27. The van der Waals surface area contributed by atoms with Gasteiger partial charge in [0.05, 0.1) is 39.6 Å². The number of carbonyl (C=O) groups is 4. The van der Waals surface area contributed by atoms with Crippen LogP contribution in [0.1, 0.15) is 60.8 Å². The Morgan fingerprint density at radius 2 is 1.49 bits per heavy atom. The topological polar surface area (TPSA) is 114 Å². The van der Waals surface area contributed by atoms with E-state index < -0.39 is 47.1 Å². The zero-order valence-corrected chi connectivity index (χ0v) is 19.1. The fourth-order valence-electron chi connectivity index (χ4n) is 3.76. The van der Waals surface area contributed by atoms with Crippen LogP contribution in [-0.4, -0.2) is 58.1 Å². The van der Waals surface area contributed by atoms with Crippen molar-refractivity contribution >= 4 is 23.5 Å². The van der Waals surface area contributed by atoms with Gasteiger partial charge >= 0.3 is 18.1 Å². The second-order valence-corrected chi connectivity index (χ2v) is 7.24. The molecule has 1 aliphatic rings. The zero-order chi connectivity index (χ0) is 26.2. The number of hydrogen-bond donors (Lipinski definition) is 0. The number of carbonyl (C=O) groups excluding carboxylic acids is 4. The number of methoxy groups -OCH3 is 4. The molecule has 1 unspecified atom stereocenters. The van der Waals surface area contributed by atoms with Gasteiger partial charge in [0.2, 0.25) is 5.78 Å². The van der Waals surface area contributed by atoms with E-state index in [1.807, 2.05) is 0 Å². The van der Waals surface area contributed by atoms with Crippen LogP contribution in [0.2, 0.25) is 0 Å². The average Bonchev–Trinajstić information content (AvgIpc) is 2.83. The number of esters is 2. The van der Waals surface area contributed by atoms with Gasteiger partial charge in [0.1, 0.15) is 28.9 Å². The molecular formula is C23H19F3O9. The predicted molar refractivity (Wildman–Crippen MR) is 111 cm³/mol. The van der Waals surface area contributed by atoms with E-state index in [9.17, 15) is 32.3 Å². The first-order chi connectivity index (χ1) is 16.4. The van der Waals surface area contributed by atoms with E-state index in [-0.39, 0.29) is 39.3 Å². The Kier molecular flexibility index (Phi) is 6.77. The van der Waals surface area contributed by atoms with Crippen LogP contribution in [0.15, 0.2) is 18.2 Å². The summed E-state index contributed by atoms with van der Waals surface area (Å²) < 4.78 is 63.2. The van der Waals surface area contributed by atoms with Gasteiger partial charge in [-0.3, -0.25) is 9.59 Å². The highest BCUT2D eigenvalue weighted by Gasteiger charge is 2.44. The molecule has 0 heterocycles. The summed E-state index contributed by atoms with van der Waals surface area (Å²) in [6.45, 7) is 1.06. The molecular weight excluding hydrogens is 477 g/mol. The third-order valence-electron chi connectivity index (χ3n) is 5.33. The number of ether oxygens (including phenoxy) is 5. The molecule has 186 valence electrons. The van der Waals surface area contributed by atoms with Gasteiger partial charge in [-0.25, -0.2) is 9.59 Å². The van der Waals surface area contributed by atoms with Gasteiger partial charge in [-0.1, -0.05) is 0 Å². The fraction of sp³-hybridized carbons (Fsp3) is 0.304. The number of rotatable bonds is 6. The molecule has 0 aromatic heterocycles. The van der Waals surface area contributed by atoms with Gasteiger partial charge in [-0.15, -0.1) is 0 Å². The SMILES string of the molecule is COC(=O)c1c(C(C)OC(=O)C(F)(F)F)cc2c(c1OC)C(=O)c1c(OC)cc(OC)cc1C2=O. The van der Waals surface area contributed by atoms with E-state index in [2.05, 4.69) is 4.74 Å². The molecule has 2 aromatic carbocycles. The van der Waals surface area contributed by atoms with Crippen LogP contribution >= 0.6 is 0 Å². The predicted octanol–water partition coefficient (Wildman–Crippen LogP) is 3.44. The second-order valence-electron chi connectivity index (χ2n) is 7.24. The molecule has 9 nitrogen and oxygen atoms in total. The summed E-state index contributed by atoms with van der Waals surface area (Å²) in [4.78, 5) is 51.0. The van der Waals surface area contributed by atoms with Crippen molar-refractivity contribution in [2.75, 3.05) is 28.4 Å². The van der Waals surface area contributed by atoms with Crippen LogP contribution in [0.4, 0.5) is 13.2 Å². The number of halogens is 3. The minimum atomic E-state index is -5.31. The molecule has 0 amide bonds. The number of ketones is 2. The van der Waals surface area contributed by atoms with Crippen molar-refractivity contribution in [3.8, 4) is 17.2 Å². The highest BCUT2D eigenvalue weighted by atomic mass is 19.4. The van der Waals surface area contributed by atoms with Crippen LogP contribution in [0.3, 0.4) is 0 Å². The van der Waals surface area contributed by atoms with Crippen LogP contribution in [0.5, 0.6) is 17.2 Å². The van der Waals surface area contributed by atoms with Crippen molar-refractivity contribution in [3.63, 3.8) is 0 Å². The van der Waals surface area contributed by atoms with Crippen molar-refractivity contribution in [1.82, 2.24) is 0 Å². The summed E-state index contributed by atoms with van der Waals surface area (Å²) in [6, 6.07) is 3.69. The average molecular weight is 496 g/mol. The number of fused-ring (bicyclic) bond motifs is 2. The summed E-state index contributed by atoms with van der Waals surface area (Å²) in [5, 5.41) is 0. The summed E-state index contributed by atoms with van der Waals surface area (Å²) in [5.74, 6) is -5.29. The summed E-state index contributed by atoms with van der Waals surface area (Å²) in [6.07, 6.45) is -6.99. The molecule has 0 saturated heterocycles. The first-order valence-electron chi connectivity index (χ1n) is 9.87. The molecule has 0 aliphatic heterocycles. The molecule has 0 spiro atoms. The molecule has 3 rings (SSSR count). The van der Waals surface area contributed by atoms with Gasteiger partial charge < -0.3 is 23.7 Å². The maximum absolute atomic E-state index is 13.5. The van der Waals surface area contributed by atoms with Crippen molar-refractivity contribution in [3.05, 3.63) is 51.6 Å². The van der Waals surface area contributed by atoms with E-state index in [0.29, 0.717) is 0 Å². The first-order valence-corrected chi connectivity index (χ1v) is 9.87.